The molecular formula is C25H21ClN4O3S. The summed E-state index contributed by atoms with van der Waals surface area (Å²) >= 11 is 7.27. The first-order valence-corrected chi connectivity index (χ1v) is 11.6. The van der Waals surface area contributed by atoms with Crippen molar-refractivity contribution in [1.29, 1.82) is 5.26 Å². The zero-order valence-corrected chi connectivity index (χ0v) is 19.8. The molecule has 0 aromatic heterocycles. The SMILES string of the molecule is Cc1c(Cl)cccc1NC(=O)CNC(=O)c1ccccc1SCC(=O)Nc1cccc(C#N)c1. The van der Waals surface area contributed by atoms with Crippen LogP contribution in [-0.2, 0) is 9.59 Å². The molecule has 7 nitrogen and oxygen atoms in total. The third-order valence-corrected chi connectivity index (χ3v) is 6.20. The highest BCUT2D eigenvalue weighted by Crippen LogP contribution is 2.24. The van der Waals surface area contributed by atoms with Crippen LogP contribution in [0.15, 0.2) is 71.6 Å². The number of carbonyl (C=O) groups is 3. The number of nitriles is 1. The fourth-order valence-electron chi connectivity index (χ4n) is 2.98. The second kappa shape index (κ2) is 11.9. The second-order valence-electron chi connectivity index (χ2n) is 7.17. The third-order valence-electron chi connectivity index (χ3n) is 4.72. The van der Waals surface area contributed by atoms with Crippen molar-refractivity contribution in [3.63, 3.8) is 0 Å². The molecule has 34 heavy (non-hydrogen) atoms. The minimum atomic E-state index is -0.428. The number of hydrogen-bond donors (Lipinski definition) is 3. The largest absolute Gasteiger partial charge is 0.343 e. The molecule has 0 aliphatic rings. The van der Waals surface area contributed by atoms with Crippen LogP contribution >= 0.6 is 23.4 Å². The van der Waals surface area contributed by atoms with Gasteiger partial charge in [-0.25, -0.2) is 0 Å². The summed E-state index contributed by atoms with van der Waals surface area (Å²) in [5, 5.41) is 17.6. The van der Waals surface area contributed by atoms with Crippen molar-refractivity contribution < 1.29 is 14.4 Å². The van der Waals surface area contributed by atoms with Crippen molar-refractivity contribution in [2.75, 3.05) is 22.9 Å². The number of nitrogens with zero attached hydrogens (tertiary/aromatic N) is 1. The molecule has 0 aliphatic carbocycles. The molecule has 0 aliphatic heterocycles. The fourth-order valence-corrected chi connectivity index (χ4v) is 4.00. The van der Waals surface area contributed by atoms with Gasteiger partial charge in [0.25, 0.3) is 5.91 Å². The smallest absolute Gasteiger partial charge is 0.252 e. The van der Waals surface area contributed by atoms with Crippen LogP contribution in [0.5, 0.6) is 0 Å². The van der Waals surface area contributed by atoms with E-state index < -0.39 is 5.91 Å². The van der Waals surface area contributed by atoms with E-state index in [1.54, 1.807) is 73.7 Å². The Morgan fingerprint density at radius 1 is 0.971 bits per heavy atom. The van der Waals surface area contributed by atoms with E-state index in [4.69, 9.17) is 16.9 Å². The normalized spacial score (nSPS) is 10.1. The molecule has 0 bridgehead atoms. The third kappa shape index (κ3) is 6.85. The first-order chi connectivity index (χ1) is 16.4. The number of thioether (sulfide) groups is 1. The fraction of sp³-hybridized carbons (Fsp3) is 0.120. The van der Waals surface area contributed by atoms with Gasteiger partial charge < -0.3 is 16.0 Å². The van der Waals surface area contributed by atoms with Gasteiger partial charge in [0.15, 0.2) is 0 Å². The summed E-state index contributed by atoms with van der Waals surface area (Å²) in [5.41, 5.74) is 2.65. The first kappa shape index (κ1) is 24.8. The monoisotopic (exact) mass is 492 g/mol. The van der Waals surface area contributed by atoms with Gasteiger partial charge in [-0.15, -0.1) is 11.8 Å². The van der Waals surface area contributed by atoms with Crippen LogP contribution in [0.25, 0.3) is 0 Å². The lowest BCUT2D eigenvalue weighted by Crippen LogP contribution is -2.33. The molecule has 0 atom stereocenters. The lowest BCUT2D eigenvalue weighted by molar-refractivity contribution is -0.115. The van der Waals surface area contributed by atoms with Gasteiger partial charge in [-0.05, 0) is 55.0 Å². The van der Waals surface area contributed by atoms with Crippen molar-refractivity contribution in [3.05, 3.63) is 88.4 Å². The Bertz CT molecular complexity index is 1270. The topological polar surface area (TPSA) is 111 Å². The molecular weight excluding hydrogens is 472 g/mol. The highest BCUT2D eigenvalue weighted by molar-refractivity contribution is 8.00. The number of nitrogens with one attached hydrogen (secondary N) is 3. The van der Waals surface area contributed by atoms with Gasteiger partial charge in [0.1, 0.15) is 0 Å². The molecule has 0 unspecified atom stereocenters. The van der Waals surface area contributed by atoms with Crippen molar-refractivity contribution in [2.24, 2.45) is 0 Å². The van der Waals surface area contributed by atoms with Crippen molar-refractivity contribution in [3.8, 4) is 6.07 Å². The average molecular weight is 493 g/mol. The molecule has 9 heteroatoms. The zero-order valence-electron chi connectivity index (χ0n) is 18.2. The van der Waals surface area contributed by atoms with E-state index in [1.165, 1.54) is 11.8 Å². The summed E-state index contributed by atoms with van der Waals surface area (Å²) in [4.78, 5) is 37.9. The Morgan fingerprint density at radius 2 is 1.74 bits per heavy atom. The van der Waals surface area contributed by atoms with E-state index in [9.17, 15) is 14.4 Å². The summed E-state index contributed by atoms with van der Waals surface area (Å²) in [7, 11) is 0. The lowest BCUT2D eigenvalue weighted by atomic mass is 10.2. The average Bonchev–Trinajstić information content (AvgIpc) is 2.84. The minimum absolute atomic E-state index is 0.0651. The highest BCUT2D eigenvalue weighted by atomic mass is 35.5. The van der Waals surface area contributed by atoms with E-state index >= 15 is 0 Å². The summed E-state index contributed by atoms with van der Waals surface area (Å²) in [6, 6.07) is 20.7. The molecule has 0 radical (unpaired) electrons. The summed E-state index contributed by atoms with van der Waals surface area (Å²) in [5.74, 6) is -1.02. The van der Waals surface area contributed by atoms with Gasteiger partial charge in [0.2, 0.25) is 11.8 Å². The van der Waals surface area contributed by atoms with Crippen LogP contribution in [0.1, 0.15) is 21.5 Å². The van der Waals surface area contributed by atoms with Crippen LogP contribution in [0.3, 0.4) is 0 Å². The molecule has 0 spiro atoms. The van der Waals surface area contributed by atoms with E-state index in [1.807, 2.05) is 6.07 Å². The molecule has 3 aromatic carbocycles. The molecule has 3 rings (SSSR count). The summed E-state index contributed by atoms with van der Waals surface area (Å²) in [6.07, 6.45) is 0. The summed E-state index contributed by atoms with van der Waals surface area (Å²) < 4.78 is 0. The number of hydrogen-bond acceptors (Lipinski definition) is 5. The molecule has 0 saturated carbocycles. The Kier molecular flexibility index (Phi) is 8.68. The molecule has 3 amide bonds. The quantitative estimate of drug-likeness (QED) is 0.397. The van der Waals surface area contributed by atoms with Crippen LogP contribution in [0.2, 0.25) is 5.02 Å². The molecule has 3 aromatic rings. The Hall–Kier alpha value is -3.80. The van der Waals surface area contributed by atoms with E-state index in [2.05, 4.69) is 16.0 Å². The zero-order chi connectivity index (χ0) is 24.5. The molecule has 0 fully saturated rings. The molecule has 172 valence electrons. The maximum absolute atomic E-state index is 12.7. The van der Waals surface area contributed by atoms with Crippen molar-refractivity contribution in [2.45, 2.75) is 11.8 Å². The number of carbonyl (C=O) groups excluding carboxylic acids is 3. The van der Waals surface area contributed by atoms with Crippen LogP contribution in [0.4, 0.5) is 11.4 Å². The maximum atomic E-state index is 12.7. The highest BCUT2D eigenvalue weighted by Gasteiger charge is 2.15. The van der Waals surface area contributed by atoms with E-state index in [-0.39, 0.29) is 24.1 Å². The van der Waals surface area contributed by atoms with Gasteiger partial charge in [0.05, 0.1) is 29.5 Å². The Labute approximate surface area is 206 Å². The van der Waals surface area contributed by atoms with Crippen LogP contribution < -0.4 is 16.0 Å². The van der Waals surface area contributed by atoms with Gasteiger partial charge in [-0.1, -0.05) is 35.9 Å². The van der Waals surface area contributed by atoms with Gasteiger partial charge >= 0.3 is 0 Å². The molecule has 0 heterocycles. The van der Waals surface area contributed by atoms with Crippen molar-refractivity contribution in [1.82, 2.24) is 5.32 Å². The van der Waals surface area contributed by atoms with Gasteiger partial charge in [-0.3, -0.25) is 14.4 Å². The summed E-state index contributed by atoms with van der Waals surface area (Å²) in [6.45, 7) is 1.57. The molecule has 0 saturated heterocycles. The second-order valence-corrected chi connectivity index (χ2v) is 8.59. The van der Waals surface area contributed by atoms with Crippen LogP contribution in [-0.4, -0.2) is 30.0 Å². The maximum Gasteiger partial charge on any atom is 0.252 e. The molecule has 3 N–H and O–H groups in total. The lowest BCUT2D eigenvalue weighted by Gasteiger charge is -2.12. The van der Waals surface area contributed by atoms with Crippen molar-refractivity contribution >= 4 is 52.5 Å². The number of amides is 3. The Morgan fingerprint density at radius 3 is 2.53 bits per heavy atom. The predicted octanol–water partition coefficient (Wildman–Crippen LogP) is 4.62. The predicted molar refractivity (Wildman–Crippen MR) is 134 cm³/mol. The van der Waals surface area contributed by atoms with Crippen LogP contribution in [0, 0.1) is 18.3 Å². The number of anilines is 2. The van der Waals surface area contributed by atoms with Gasteiger partial charge in [-0.2, -0.15) is 5.26 Å². The number of halogens is 1. The standard InChI is InChI=1S/C25H21ClN4O3S/c1-16-20(26)9-5-10-21(16)30-23(31)14-28-25(33)19-8-2-3-11-22(19)34-15-24(32)29-18-7-4-6-17(12-18)13-27/h2-12H,14-15H2,1H3,(H,28,33)(H,29,32)(H,30,31). The minimum Gasteiger partial charge on any atom is -0.343 e. The Balaban J connectivity index is 1.55. The van der Waals surface area contributed by atoms with Gasteiger partial charge in [0, 0.05) is 21.3 Å². The first-order valence-electron chi connectivity index (χ1n) is 10.2. The number of rotatable bonds is 8. The van der Waals surface area contributed by atoms with E-state index in [0.717, 1.165) is 5.56 Å². The number of benzene rings is 3. The van der Waals surface area contributed by atoms with E-state index in [0.29, 0.717) is 32.4 Å².